The molecule has 3 aromatic rings. The lowest BCUT2D eigenvalue weighted by Crippen LogP contribution is -2.02. The quantitative estimate of drug-likeness (QED) is 0.777. The highest BCUT2D eigenvalue weighted by molar-refractivity contribution is 5.77. The van der Waals surface area contributed by atoms with Crippen LogP contribution < -0.4 is 5.73 Å². The van der Waals surface area contributed by atoms with E-state index < -0.39 is 0 Å². The summed E-state index contributed by atoms with van der Waals surface area (Å²) in [6, 6.07) is 12.3. The van der Waals surface area contributed by atoms with Crippen molar-refractivity contribution < 1.29 is 0 Å². The van der Waals surface area contributed by atoms with E-state index in [1.807, 2.05) is 25.2 Å². The van der Waals surface area contributed by atoms with E-state index in [4.69, 9.17) is 5.73 Å². The molecule has 0 spiro atoms. The zero-order valence-corrected chi connectivity index (χ0v) is 10.9. The Hall–Kier alpha value is -2.20. The monoisotopic (exact) mass is 252 g/mol. The number of aromatic nitrogens is 3. The van der Waals surface area contributed by atoms with Gasteiger partial charge in [-0.2, -0.15) is 0 Å². The minimum Gasteiger partial charge on any atom is -0.330 e. The molecular formula is C15H16N4. The molecule has 0 atom stereocenters. The predicted molar refractivity (Wildman–Crippen MR) is 76.7 cm³/mol. The number of hydrogen-bond acceptors (Lipinski definition) is 3. The third-order valence-electron chi connectivity index (χ3n) is 3.28. The summed E-state index contributed by atoms with van der Waals surface area (Å²) in [5.74, 6) is 0.938. The molecule has 0 saturated carbocycles. The van der Waals surface area contributed by atoms with E-state index in [1.54, 1.807) is 6.20 Å². The fourth-order valence-corrected chi connectivity index (χ4v) is 2.32. The van der Waals surface area contributed by atoms with Crippen molar-refractivity contribution in [2.24, 2.45) is 12.8 Å². The molecule has 0 amide bonds. The van der Waals surface area contributed by atoms with Gasteiger partial charge in [-0.15, -0.1) is 0 Å². The molecule has 4 nitrogen and oxygen atoms in total. The van der Waals surface area contributed by atoms with E-state index in [2.05, 4.69) is 32.7 Å². The van der Waals surface area contributed by atoms with Crippen molar-refractivity contribution in [3.8, 4) is 11.4 Å². The second-order valence-corrected chi connectivity index (χ2v) is 4.58. The van der Waals surface area contributed by atoms with E-state index in [0.717, 1.165) is 29.0 Å². The van der Waals surface area contributed by atoms with Gasteiger partial charge in [0.05, 0.1) is 5.52 Å². The molecule has 0 unspecified atom stereocenters. The molecule has 2 aromatic heterocycles. The lowest BCUT2D eigenvalue weighted by Gasteiger charge is -2.05. The average Bonchev–Trinajstić information content (AvgIpc) is 2.78. The summed E-state index contributed by atoms with van der Waals surface area (Å²) in [6.07, 6.45) is 2.65. The van der Waals surface area contributed by atoms with Gasteiger partial charge in [-0.3, -0.25) is 0 Å². The smallest absolute Gasteiger partial charge is 0.178 e. The van der Waals surface area contributed by atoms with Crippen LogP contribution in [-0.2, 0) is 13.5 Å². The standard InChI is InChI=1S/C15H16N4/c1-19-13-6-3-9-17-14(13)18-15(19)12-5-2-4-11(10-12)7-8-16/h2-6,9-10H,7-8,16H2,1H3. The van der Waals surface area contributed by atoms with Gasteiger partial charge in [-0.1, -0.05) is 18.2 Å². The van der Waals surface area contributed by atoms with Crippen molar-refractivity contribution in [1.82, 2.24) is 14.5 Å². The van der Waals surface area contributed by atoms with Crippen LogP contribution in [0.1, 0.15) is 5.56 Å². The van der Waals surface area contributed by atoms with E-state index in [9.17, 15) is 0 Å². The first-order valence-electron chi connectivity index (χ1n) is 6.36. The number of hydrogen-bond donors (Lipinski definition) is 1. The van der Waals surface area contributed by atoms with Gasteiger partial charge in [0.25, 0.3) is 0 Å². The minimum atomic E-state index is 0.660. The molecule has 0 fully saturated rings. The summed E-state index contributed by atoms with van der Waals surface area (Å²) in [6.45, 7) is 0.660. The highest BCUT2D eigenvalue weighted by Crippen LogP contribution is 2.23. The van der Waals surface area contributed by atoms with Crippen LogP contribution in [0.15, 0.2) is 42.6 Å². The zero-order valence-electron chi connectivity index (χ0n) is 10.9. The van der Waals surface area contributed by atoms with Crippen molar-refractivity contribution in [3.05, 3.63) is 48.2 Å². The Balaban J connectivity index is 2.13. The van der Waals surface area contributed by atoms with Gasteiger partial charge in [0.2, 0.25) is 0 Å². The Labute approximate surface area is 111 Å². The van der Waals surface area contributed by atoms with Crippen LogP contribution >= 0.6 is 0 Å². The van der Waals surface area contributed by atoms with E-state index in [-0.39, 0.29) is 0 Å². The first kappa shape index (κ1) is 11.9. The van der Waals surface area contributed by atoms with Crippen molar-refractivity contribution in [2.45, 2.75) is 6.42 Å². The molecule has 96 valence electrons. The van der Waals surface area contributed by atoms with E-state index in [0.29, 0.717) is 6.54 Å². The highest BCUT2D eigenvalue weighted by Gasteiger charge is 2.10. The number of imidazole rings is 1. The zero-order chi connectivity index (χ0) is 13.2. The molecule has 1 aromatic carbocycles. The number of fused-ring (bicyclic) bond motifs is 1. The predicted octanol–water partition coefficient (Wildman–Crippen LogP) is 2.14. The lowest BCUT2D eigenvalue weighted by atomic mass is 10.1. The number of nitrogens with zero attached hydrogens (tertiary/aromatic N) is 3. The fraction of sp³-hybridized carbons (Fsp3) is 0.200. The van der Waals surface area contributed by atoms with Gasteiger partial charge in [0.1, 0.15) is 5.82 Å². The molecule has 19 heavy (non-hydrogen) atoms. The molecule has 0 bridgehead atoms. The topological polar surface area (TPSA) is 56.7 Å². The van der Waals surface area contributed by atoms with Gasteiger partial charge in [-0.25, -0.2) is 9.97 Å². The molecule has 2 N–H and O–H groups in total. The second kappa shape index (κ2) is 4.82. The van der Waals surface area contributed by atoms with Crippen LogP contribution in [0.2, 0.25) is 0 Å². The Morgan fingerprint density at radius 1 is 1.21 bits per heavy atom. The van der Waals surface area contributed by atoms with Gasteiger partial charge >= 0.3 is 0 Å². The van der Waals surface area contributed by atoms with Crippen LogP contribution in [-0.4, -0.2) is 21.1 Å². The number of nitrogens with two attached hydrogens (primary N) is 1. The second-order valence-electron chi connectivity index (χ2n) is 4.58. The van der Waals surface area contributed by atoms with E-state index in [1.165, 1.54) is 5.56 Å². The third-order valence-corrected chi connectivity index (χ3v) is 3.28. The minimum absolute atomic E-state index is 0.660. The number of pyridine rings is 1. The summed E-state index contributed by atoms with van der Waals surface area (Å²) in [4.78, 5) is 8.90. The van der Waals surface area contributed by atoms with Crippen molar-refractivity contribution >= 4 is 11.2 Å². The van der Waals surface area contributed by atoms with Gasteiger partial charge in [0, 0.05) is 18.8 Å². The molecule has 4 heteroatoms. The summed E-state index contributed by atoms with van der Waals surface area (Å²) >= 11 is 0. The maximum atomic E-state index is 5.61. The van der Waals surface area contributed by atoms with Crippen LogP contribution in [0.4, 0.5) is 0 Å². The van der Waals surface area contributed by atoms with Crippen LogP contribution in [0.3, 0.4) is 0 Å². The average molecular weight is 252 g/mol. The summed E-state index contributed by atoms with van der Waals surface area (Å²) in [7, 11) is 2.02. The van der Waals surface area contributed by atoms with Crippen molar-refractivity contribution in [2.75, 3.05) is 6.54 Å². The Kier molecular flexibility index (Phi) is 3.01. The summed E-state index contributed by atoms with van der Waals surface area (Å²) in [5.41, 5.74) is 9.77. The van der Waals surface area contributed by atoms with Gasteiger partial charge in [0.15, 0.2) is 5.65 Å². The number of rotatable bonds is 3. The first-order valence-corrected chi connectivity index (χ1v) is 6.36. The van der Waals surface area contributed by atoms with Gasteiger partial charge in [-0.05, 0) is 36.7 Å². The van der Waals surface area contributed by atoms with Gasteiger partial charge < -0.3 is 10.3 Å². The Morgan fingerprint density at radius 3 is 2.89 bits per heavy atom. The summed E-state index contributed by atoms with van der Waals surface area (Å²) in [5, 5.41) is 0. The maximum absolute atomic E-state index is 5.61. The molecule has 0 aliphatic rings. The molecule has 0 aliphatic heterocycles. The van der Waals surface area contributed by atoms with E-state index >= 15 is 0 Å². The molecule has 3 rings (SSSR count). The Bertz CT molecular complexity index is 715. The van der Waals surface area contributed by atoms with Crippen LogP contribution in [0.5, 0.6) is 0 Å². The molecule has 0 radical (unpaired) electrons. The number of benzene rings is 1. The molecule has 0 aliphatic carbocycles. The largest absolute Gasteiger partial charge is 0.330 e. The Morgan fingerprint density at radius 2 is 2.11 bits per heavy atom. The van der Waals surface area contributed by atoms with Crippen LogP contribution in [0.25, 0.3) is 22.6 Å². The maximum Gasteiger partial charge on any atom is 0.178 e. The summed E-state index contributed by atoms with van der Waals surface area (Å²) < 4.78 is 2.07. The van der Waals surface area contributed by atoms with Crippen LogP contribution in [0, 0.1) is 0 Å². The fourth-order valence-electron chi connectivity index (χ4n) is 2.32. The third kappa shape index (κ3) is 2.11. The van der Waals surface area contributed by atoms with Crippen molar-refractivity contribution in [3.63, 3.8) is 0 Å². The first-order chi connectivity index (χ1) is 9.29. The SMILES string of the molecule is Cn1c(-c2cccc(CCN)c2)nc2ncccc21. The molecular weight excluding hydrogens is 236 g/mol. The molecule has 0 saturated heterocycles. The highest BCUT2D eigenvalue weighted by atomic mass is 15.1. The van der Waals surface area contributed by atoms with Crippen molar-refractivity contribution in [1.29, 1.82) is 0 Å². The number of aryl methyl sites for hydroxylation is 1. The normalized spacial score (nSPS) is 11.1. The lowest BCUT2D eigenvalue weighted by molar-refractivity contribution is 0.951. The molecule has 2 heterocycles.